The molecule has 3 heteroatoms. The van der Waals surface area contributed by atoms with E-state index in [0.29, 0.717) is 17.0 Å². The number of fused-ring (bicyclic) bond motifs is 1. The molecule has 1 saturated carbocycles. The van der Waals surface area contributed by atoms with Crippen molar-refractivity contribution < 1.29 is 4.42 Å². The summed E-state index contributed by atoms with van der Waals surface area (Å²) in [5, 5.41) is 5.28. The monoisotopic (exact) mass is 305 g/mol. The Bertz CT molecular complexity index is 584. The number of nitrogens with one attached hydrogen (secondary N) is 1. The van der Waals surface area contributed by atoms with Gasteiger partial charge in [-0.05, 0) is 37.9 Å². The molecule has 114 valence electrons. The molecule has 0 bridgehead atoms. The van der Waals surface area contributed by atoms with Crippen LogP contribution in [0.25, 0.3) is 11.0 Å². The third-order valence-corrected chi connectivity index (χ3v) is 5.05. The molecule has 2 nitrogen and oxygen atoms in total. The Hall–Kier alpha value is -0.990. The van der Waals surface area contributed by atoms with Crippen LogP contribution in [0.3, 0.4) is 0 Å². The molecule has 0 radical (unpaired) electrons. The predicted molar refractivity (Wildman–Crippen MR) is 88.8 cm³/mol. The molecular formula is C18H24ClNO. The van der Waals surface area contributed by atoms with Gasteiger partial charge in [0.1, 0.15) is 5.76 Å². The Morgan fingerprint density at radius 1 is 1.14 bits per heavy atom. The van der Waals surface area contributed by atoms with Gasteiger partial charge in [0.25, 0.3) is 0 Å². The average Bonchev–Trinajstić information content (AvgIpc) is 2.87. The number of furan rings is 1. The zero-order chi connectivity index (χ0) is 14.7. The zero-order valence-corrected chi connectivity index (χ0v) is 13.5. The van der Waals surface area contributed by atoms with Crippen LogP contribution in [0, 0.1) is 5.92 Å². The fourth-order valence-electron chi connectivity index (χ4n) is 3.63. The smallest absolute Gasteiger partial charge is 0.152 e. The van der Waals surface area contributed by atoms with Crippen molar-refractivity contribution >= 4 is 22.6 Å². The summed E-state index contributed by atoms with van der Waals surface area (Å²) in [6.45, 7) is 0. The molecule has 0 saturated heterocycles. The maximum atomic E-state index is 6.24. The molecule has 1 aromatic heterocycles. The van der Waals surface area contributed by atoms with Crippen molar-refractivity contribution in [3.8, 4) is 0 Å². The van der Waals surface area contributed by atoms with Crippen LogP contribution in [0.4, 0.5) is 0 Å². The van der Waals surface area contributed by atoms with Crippen LogP contribution < -0.4 is 5.32 Å². The van der Waals surface area contributed by atoms with Gasteiger partial charge in [-0.3, -0.25) is 0 Å². The van der Waals surface area contributed by atoms with E-state index in [-0.39, 0.29) is 0 Å². The normalized spacial score (nSPS) is 19.3. The molecule has 1 fully saturated rings. The number of hydrogen-bond acceptors (Lipinski definition) is 2. The van der Waals surface area contributed by atoms with Gasteiger partial charge < -0.3 is 9.73 Å². The minimum Gasteiger partial charge on any atom is -0.458 e. The zero-order valence-electron chi connectivity index (χ0n) is 12.7. The third kappa shape index (κ3) is 3.27. The standard InChI is InChI=1S/C18H24ClNO/c1-20-17(13-8-5-3-2-4-6-9-13)16-12-14-10-7-11-15(19)18(14)21-16/h7,10-13,17,20H,2-6,8-9H2,1H3. The number of hydrogen-bond donors (Lipinski definition) is 1. The summed E-state index contributed by atoms with van der Waals surface area (Å²) in [5.74, 6) is 1.70. The second-order valence-corrected chi connectivity index (χ2v) is 6.59. The van der Waals surface area contributed by atoms with E-state index in [4.69, 9.17) is 16.0 Å². The molecule has 1 aliphatic rings. The van der Waals surface area contributed by atoms with E-state index in [9.17, 15) is 0 Å². The van der Waals surface area contributed by atoms with E-state index in [2.05, 4.69) is 17.4 Å². The molecule has 0 amide bonds. The Balaban J connectivity index is 1.87. The molecule has 0 aliphatic heterocycles. The maximum absolute atomic E-state index is 6.24. The van der Waals surface area contributed by atoms with Crippen LogP contribution in [0.2, 0.25) is 5.02 Å². The molecule has 1 N–H and O–H groups in total. The Labute approximate surface area is 131 Å². The molecule has 2 aromatic rings. The molecule has 3 rings (SSSR count). The third-order valence-electron chi connectivity index (χ3n) is 4.75. The van der Waals surface area contributed by atoms with Crippen LogP contribution in [0.15, 0.2) is 28.7 Å². The van der Waals surface area contributed by atoms with Crippen LogP contribution >= 0.6 is 11.6 Å². The van der Waals surface area contributed by atoms with Gasteiger partial charge in [-0.1, -0.05) is 55.8 Å². The second-order valence-electron chi connectivity index (χ2n) is 6.18. The van der Waals surface area contributed by atoms with Gasteiger partial charge in [-0.2, -0.15) is 0 Å². The van der Waals surface area contributed by atoms with E-state index in [1.807, 2.05) is 19.2 Å². The molecular weight excluding hydrogens is 282 g/mol. The molecule has 1 aliphatic carbocycles. The van der Waals surface area contributed by atoms with Crippen molar-refractivity contribution in [1.29, 1.82) is 0 Å². The van der Waals surface area contributed by atoms with Crippen molar-refractivity contribution in [1.82, 2.24) is 5.32 Å². The summed E-state index contributed by atoms with van der Waals surface area (Å²) < 4.78 is 6.08. The van der Waals surface area contributed by atoms with Crippen molar-refractivity contribution in [2.45, 2.75) is 51.0 Å². The lowest BCUT2D eigenvalue weighted by atomic mass is 9.85. The van der Waals surface area contributed by atoms with Gasteiger partial charge in [0.15, 0.2) is 5.58 Å². The topological polar surface area (TPSA) is 25.2 Å². The molecule has 1 atom stereocenters. The Morgan fingerprint density at radius 2 is 1.86 bits per heavy atom. The SMILES string of the molecule is CNC(c1cc2cccc(Cl)c2o1)C1CCCCCCC1. The molecule has 0 spiro atoms. The molecule has 1 heterocycles. The summed E-state index contributed by atoms with van der Waals surface area (Å²) in [6, 6.07) is 8.39. The first-order chi connectivity index (χ1) is 10.3. The lowest BCUT2D eigenvalue weighted by Gasteiger charge is -2.27. The first kappa shape index (κ1) is 14.9. The van der Waals surface area contributed by atoms with Crippen molar-refractivity contribution in [2.75, 3.05) is 7.05 Å². The Morgan fingerprint density at radius 3 is 2.52 bits per heavy atom. The van der Waals surface area contributed by atoms with Crippen LogP contribution in [-0.2, 0) is 0 Å². The van der Waals surface area contributed by atoms with Gasteiger partial charge in [-0.25, -0.2) is 0 Å². The molecule has 1 unspecified atom stereocenters. The van der Waals surface area contributed by atoms with Crippen LogP contribution in [0.1, 0.15) is 56.7 Å². The summed E-state index contributed by atoms with van der Waals surface area (Å²) >= 11 is 6.24. The lowest BCUT2D eigenvalue weighted by molar-refractivity contribution is 0.272. The van der Waals surface area contributed by atoms with Gasteiger partial charge >= 0.3 is 0 Å². The largest absolute Gasteiger partial charge is 0.458 e. The fraction of sp³-hybridized carbons (Fsp3) is 0.556. The first-order valence-electron chi connectivity index (χ1n) is 8.15. The van der Waals surface area contributed by atoms with Crippen molar-refractivity contribution in [2.24, 2.45) is 5.92 Å². The van der Waals surface area contributed by atoms with Gasteiger partial charge in [0.05, 0.1) is 11.1 Å². The highest BCUT2D eigenvalue weighted by molar-refractivity contribution is 6.34. The summed E-state index contributed by atoms with van der Waals surface area (Å²) in [7, 11) is 2.04. The maximum Gasteiger partial charge on any atom is 0.152 e. The number of rotatable bonds is 3. The van der Waals surface area contributed by atoms with E-state index >= 15 is 0 Å². The minimum absolute atomic E-state index is 0.298. The number of para-hydroxylation sites is 1. The number of halogens is 1. The van der Waals surface area contributed by atoms with Crippen molar-refractivity contribution in [3.05, 3.63) is 35.0 Å². The van der Waals surface area contributed by atoms with Crippen LogP contribution in [-0.4, -0.2) is 7.05 Å². The highest BCUT2D eigenvalue weighted by Gasteiger charge is 2.25. The Kier molecular flexibility index (Phi) is 4.87. The highest BCUT2D eigenvalue weighted by Crippen LogP contribution is 2.36. The van der Waals surface area contributed by atoms with E-state index in [1.54, 1.807) is 0 Å². The minimum atomic E-state index is 0.298. The van der Waals surface area contributed by atoms with Gasteiger partial charge in [-0.15, -0.1) is 0 Å². The van der Waals surface area contributed by atoms with Gasteiger partial charge in [0, 0.05) is 5.39 Å². The predicted octanol–water partition coefficient (Wildman–Crippen LogP) is 5.71. The first-order valence-corrected chi connectivity index (χ1v) is 8.52. The highest BCUT2D eigenvalue weighted by atomic mass is 35.5. The van der Waals surface area contributed by atoms with E-state index in [1.165, 1.54) is 44.9 Å². The van der Waals surface area contributed by atoms with E-state index < -0.39 is 0 Å². The average molecular weight is 306 g/mol. The second kappa shape index (κ2) is 6.85. The van der Waals surface area contributed by atoms with E-state index in [0.717, 1.165) is 16.7 Å². The molecule has 1 aromatic carbocycles. The molecule has 21 heavy (non-hydrogen) atoms. The summed E-state index contributed by atoms with van der Waals surface area (Å²) in [4.78, 5) is 0. The summed E-state index contributed by atoms with van der Waals surface area (Å²) in [6.07, 6.45) is 9.40. The quantitative estimate of drug-likeness (QED) is 0.786. The van der Waals surface area contributed by atoms with Gasteiger partial charge in [0.2, 0.25) is 0 Å². The lowest BCUT2D eigenvalue weighted by Crippen LogP contribution is -2.25. The number of benzene rings is 1. The fourth-order valence-corrected chi connectivity index (χ4v) is 3.85. The summed E-state index contributed by atoms with van der Waals surface area (Å²) in [5.41, 5.74) is 0.820. The van der Waals surface area contributed by atoms with Crippen molar-refractivity contribution in [3.63, 3.8) is 0 Å². The van der Waals surface area contributed by atoms with Crippen LogP contribution in [0.5, 0.6) is 0 Å².